The molecule has 2 aromatic rings. The molecule has 2 aromatic heterocycles. The summed E-state index contributed by atoms with van der Waals surface area (Å²) in [6.45, 7) is 0. The molecule has 0 radical (unpaired) electrons. The number of ether oxygens (including phenoxy) is 2. The molecular weight excluding hydrogens is 381 g/mol. The normalized spacial score (nSPS) is 14.3. The van der Waals surface area contributed by atoms with Crippen molar-refractivity contribution in [2.24, 2.45) is 0 Å². The monoisotopic (exact) mass is 397 g/mol. The lowest BCUT2D eigenvalue weighted by Crippen LogP contribution is -2.37. The highest BCUT2D eigenvalue weighted by atomic mass is 35.5. The molecule has 9 heteroatoms. The Hall–Kier alpha value is -2.25. The highest BCUT2D eigenvalue weighted by Gasteiger charge is 2.25. The van der Waals surface area contributed by atoms with Gasteiger partial charge < -0.3 is 20.0 Å². The molecule has 0 aliphatic heterocycles. The van der Waals surface area contributed by atoms with E-state index in [1.807, 2.05) is 0 Å². The van der Waals surface area contributed by atoms with Crippen LogP contribution in [0.2, 0.25) is 10.0 Å². The smallest absolute Gasteiger partial charge is 0.322 e. The third-order valence-corrected chi connectivity index (χ3v) is 4.70. The summed E-state index contributed by atoms with van der Waals surface area (Å²) in [5.74, 6) is -0.0547. The number of hydrogen-bond acceptors (Lipinski definition) is 5. The molecule has 0 spiro atoms. The van der Waals surface area contributed by atoms with Crippen LogP contribution in [0.3, 0.4) is 0 Å². The Labute approximate surface area is 160 Å². The number of methoxy groups -OCH3 is 1. The van der Waals surface area contributed by atoms with Crippen LogP contribution in [0.15, 0.2) is 24.7 Å². The summed E-state index contributed by atoms with van der Waals surface area (Å²) in [4.78, 5) is 16.4. The molecule has 3 rings (SSSR count). The number of nitrogens with one attached hydrogen (secondary N) is 1. The molecular formula is C17H17Cl2N3O4. The first-order valence-corrected chi connectivity index (χ1v) is 8.83. The lowest BCUT2D eigenvalue weighted by atomic mass is 10.2. The maximum Gasteiger partial charge on any atom is 0.322 e. The molecule has 0 aromatic carbocycles. The predicted octanol–water partition coefficient (Wildman–Crippen LogP) is 3.60. The summed E-state index contributed by atoms with van der Waals surface area (Å²) in [6, 6.07) is 1.36. The Morgan fingerprint density at radius 2 is 1.92 bits per heavy atom. The van der Waals surface area contributed by atoms with Crippen molar-refractivity contribution in [2.45, 2.75) is 31.8 Å². The third-order valence-electron chi connectivity index (χ3n) is 4.12. The van der Waals surface area contributed by atoms with Crippen LogP contribution in [0.5, 0.6) is 11.5 Å². The predicted molar refractivity (Wildman–Crippen MR) is 97.0 cm³/mol. The van der Waals surface area contributed by atoms with Crippen molar-refractivity contribution in [3.05, 3.63) is 45.6 Å². The van der Waals surface area contributed by atoms with E-state index in [0.29, 0.717) is 10.5 Å². The van der Waals surface area contributed by atoms with Crippen molar-refractivity contribution in [1.82, 2.24) is 4.98 Å². The summed E-state index contributed by atoms with van der Waals surface area (Å²) in [7, 11) is 1.44. The zero-order chi connectivity index (χ0) is 18.7. The zero-order valence-electron chi connectivity index (χ0n) is 14.0. The molecule has 2 heterocycles. The second kappa shape index (κ2) is 7.97. The van der Waals surface area contributed by atoms with E-state index in [9.17, 15) is 10.0 Å². The molecule has 1 amide bonds. The van der Waals surface area contributed by atoms with Gasteiger partial charge in [0.25, 0.3) is 5.69 Å². The van der Waals surface area contributed by atoms with E-state index in [-0.39, 0.29) is 33.3 Å². The van der Waals surface area contributed by atoms with Gasteiger partial charge in [-0.05, 0) is 25.7 Å². The summed E-state index contributed by atoms with van der Waals surface area (Å²) >= 11 is 12.0. The Morgan fingerprint density at radius 1 is 1.27 bits per heavy atom. The molecule has 7 nitrogen and oxygen atoms in total. The largest absolute Gasteiger partial charge is 0.618 e. The summed E-state index contributed by atoms with van der Waals surface area (Å²) < 4.78 is 11.5. The van der Waals surface area contributed by atoms with E-state index in [1.54, 1.807) is 0 Å². The quantitative estimate of drug-likeness (QED) is 0.614. The standard InChI is InChI=1S/C17H17Cl2N3O4/c1-25-15-9-22(24)13(6-14(15)26-10-4-2-3-5-10)17(23)21-16-11(18)7-20-8-12(16)19/h6-10H,2-5H2,1H3,(H,20,21,23). The van der Waals surface area contributed by atoms with Crippen LogP contribution in [-0.4, -0.2) is 24.1 Å². The average Bonchev–Trinajstić information content (AvgIpc) is 3.12. The van der Waals surface area contributed by atoms with Gasteiger partial charge in [0, 0.05) is 12.4 Å². The zero-order valence-corrected chi connectivity index (χ0v) is 15.5. The molecule has 1 N–H and O–H groups in total. The van der Waals surface area contributed by atoms with Crippen molar-refractivity contribution in [2.75, 3.05) is 12.4 Å². The van der Waals surface area contributed by atoms with Crippen LogP contribution in [0, 0.1) is 5.21 Å². The first-order valence-electron chi connectivity index (χ1n) is 8.07. The van der Waals surface area contributed by atoms with Crippen molar-refractivity contribution in [3.63, 3.8) is 0 Å². The van der Waals surface area contributed by atoms with Gasteiger partial charge in [-0.15, -0.1) is 0 Å². The Kier molecular flexibility index (Phi) is 5.68. The second-order valence-corrected chi connectivity index (χ2v) is 6.69. The van der Waals surface area contributed by atoms with Gasteiger partial charge in [-0.1, -0.05) is 23.2 Å². The fourth-order valence-electron chi connectivity index (χ4n) is 2.80. The number of nitrogens with zero attached hydrogens (tertiary/aromatic N) is 2. The van der Waals surface area contributed by atoms with E-state index in [1.165, 1.54) is 25.6 Å². The van der Waals surface area contributed by atoms with Gasteiger partial charge in [-0.3, -0.25) is 9.78 Å². The number of amides is 1. The third kappa shape index (κ3) is 3.94. The van der Waals surface area contributed by atoms with E-state index >= 15 is 0 Å². The number of anilines is 1. The fourth-order valence-corrected chi connectivity index (χ4v) is 3.26. The minimum absolute atomic E-state index is 0.0476. The molecule has 1 aliphatic rings. The Balaban J connectivity index is 1.89. The molecule has 0 saturated heterocycles. The van der Waals surface area contributed by atoms with Crippen molar-refractivity contribution < 1.29 is 19.0 Å². The SMILES string of the molecule is COc1c[n+]([O-])c(C(=O)Nc2c(Cl)cncc2Cl)cc1OC1CCCC1. The summed E-state index contributed by atoms with van der Waals surface area (Å²) in [5.41, 5.74) is 0.0187. The van der Waals surface area contributed by atoms with Crippen molar-refractivity contribution >= 4 is 34.8 Å². The Morgan fingerprint density at radius 3 is 2.54 bits per heavy atom. The molecule has 0 unspecified atom stereocenters. The number of aromatic nitrogens is 2. The van der Waals surface area contributed by atoms with Crippen molar-refractivity contribution in [3.8, 4) is 11.5 Å². The van der Waals surface area contributed by atoms with Crippen LogP contribution >= 0.6 is 23.2 Å². The lowest BCUT2D eigenvalue weighted by molar-refractivity contribution is -0.608. The summed E-state index contributed by atoms with van der Waals surface area (Å²) in [6.07, 6.45) is 7.94. The van der Waals surface area contributed by atoms with Crippen LogP contribution in [0.1, 0.15) is 36.2 Å². The lowest BCUT2D eigenvalue weighted by Gasteiger charge is -2.16. The van der Waals surface area contributed by atoms with Gasteiger partial charge >= 0.3 is 5.91 Å². The van der Waals surface area contributed by atoms with Gasteiger partial charge in [0.2, 0.25) is 11.9 Å². The molecule has 1 saturated carbocycles. The number of halogens is 2. The van der Waals surface area contributed by atoms with E-state index < -0.39 is 5.91 Å². The first kappa shape index (κ1) is 18.5. The minimum Gasteiger partial charge on any atom is -0.618 e. The van der Waals surface area contributed by atoms with E-state index in [2.05, 4.69) is 10.3 Å². The number of carbonyl (C=O) groups excluding carboxylic acids is 1. The molecule has 1 aliphatic carbocycles. The molecule has 138 valence electrons. The number of rotatable bonds is 5. The molecule has 0 bridgehead atoms. The molecule has 1 fully saturated rings. The van der Waals surface area contributed by atoms with Crippen LogP contribution < -0.4 is 19.5 Å². The van der Waals surface area contributed by atoms with E-state index in [4.69, 9.17) is 32.7 Å². The fraction of sp³-hybridized carbons (Fsp3) is 0.353. The van der Waals surface area contributed by atoms with Gasteiger partial charge in [-0.2, -0.15) is 4.73 Å². The number of hydrogen-bond donors (Lipinski definition) is 1. The molecule has 26 heavy (non-hydrogen) atoms. The number of carbonyl (C=O) groups is 1. The highest BCUT2D eigenvalue weighted by Crippen LogP contribution is 2.32. The minimum atomic E-state index is -0.672. The number of pyridine rings is 2. The Bertz CT molecular complexity index is 806. The van der Waals surface area contributed by atoms with Crippen molar-refractivity contribution in [1.29, 1.82) is 0 Å². The van der Waals surface area contributed by atoms with Crippen LogP contribution in [0.25, 0.3) is 0 Å². The first-order chi connectivity index (χ1) is 12.5. The second-order valence-electron chi connectivity index (χ2n) is 5.87. The van der Waals surface area contributed by atoms with Gasteiger partial charge in [0.1, 0.15) is 0 Å². The van der Waals surface area contributed by atoms with E-state index in [0.717, 1.165) is 31.9 Å². The maximum absolute atomic E-state index is 12.6. The van der Waals surface area contributed by atoms with Gasteiger partial charge in [-0.25, -0.2) is 0 Å². The molecule has 0 atom stereocenters. The van der Waals surface area contributed by atoms with Gasteiger partial charge in [0.15, 0.2) is 5.75 Å². The average molecular weight is 398 g/mol. The maximum atomic E-state index is 12.6. The highest BCUT2D eigenvalue weighted by molar-refractivity contribution is 6.39. The van der Waals surface area contributed by atoms with Gasteiger partial charge in [0.05, 0.1) is 35.0 Å². The summed E-state index contributed by atoms with van der Waals surface area (Å²) in [5, 5.41) is 15.1. The van der Waals surface area contributed by atoms with Crippen LogP contribution in [0.4, 0.5) is 5.69 Å². The topological polar surface area (TPSA) is 87.4 Å². The van der Waals surface area contributed by atoms with Crippen LogP contribution in [-0.2, 0) is 0 Å².